The summed E-state index contributed by atoms with van der Waals surface area (Å²) >= 11 is 11.6. The first-order valence-corrected chi connectivity index (χ1v) is 10.0. The molecule has 2 N–H and O–H groups in total. The zero-order valence-electron chi connectivity index (χ0n) is 13.2. The maximum absolute atomic E-state index is 5.87. The van der Waals surface area contributed by atoms with Gasteiger partial charge < -0.3 is 13.3 Å². The molecule has 0 fully saturated rings. The quantitative estimate of drug-likeness (QED) is 0.266. The van der Waals surface area contributed by atoms with Crippen LogP contribution >= 0.6 is 23.4 Å². The van der Waals surface area contributed by atoms with E-state index in [1.54, 1.807) is 6.08 Å². The lowest BCUT2D eigenvalue weighted by atomic mass is 10.4. The Hall–Kier alpha value is -0.353. The smallest absolute Gasteiger partial charge is 0.374 e. The lowest BCUT2D eigenvalue weighted by Crippen LogP contribution is -2.47. The van der Waals surface area contributed by atoms with Crippen LogP contribution in [0.15, 0.2) is 16.2 Å². The molecule has 1 rings (SSSR count). The van der Waals surface area contributed by atoms with Crippen molar-refractivity contribution in [2.24, 2.45) is 4.99 Å². The van der Waals surface area contributed by atoms with Crippen LogP contribution in [0, 0.1) is 0 Å². The lowest BCUT2D eigenvalue weighted by molar-refractivity contribution is 0.0710. The van der Waals surface area contributed by atoms with Gasteiger partial charge in [0.05, 0.1) is 0 Å². The van der Waals surface area contributed by atoms with E-state index in [0.717, 1.165) is 17.1 Å². The molecule has 0 saturated heterocycles. The second kappa shape index (κ2) is 10.4. The Kier molecular flexibility index (Phi) is 9.33. The van der Waals surface area contributed by atoms with E-state index in [0.29, 0.717) is 37.4 Å². The largest absolute Gasteiger partial charge is 0.500 e. The van der Waals surface area contributed by atoms with Gasteiger partial charge in [-0.2, -0.15) is 0 Å². The molecule has 0 saturated carbocycles. The van der Waals surface area contributed by atoms with E-state index in [9.17, 15) is 0 Å². The molecule has 1 heterocycles. The van der Waals surface area contributed by atoms with Gasteiger partial charge in [-0.05, 0) is 31.8 Å². The first kappa shape index (κ1) is 19.7. The minimum absolute atomic E-state index is 0.397. The van der Waals surface area contributed by atoms with Gasteiger partial charge in [0.2, 0.25) is 0 Å². The molecule has 7 nitrogen and oxygen atoms in total. The van der Waals surface area contributed by atoms with Crippen LogP contribution in [0.1, 0.15) is 27.2 Å². The van der Waals surface area contributed by atoms with Crippen molar-refractivity contribution in [1.29, 1.82) is 0 Å². The zero-order chi connectivity index (χ0) is 16.4. The molecule has 1 aliphatic heterocycles. The predicted molar refractivity (Wildman–Crippen MR) is 90.3 cm³/mol. The van der Waals surface area contributed by atoms with Crippen LogP contribution in [0.5, 0.6) is 0 Å². The van der Waals surface area contributed by atoms with Gasteiger partial charge in [0.1, 0.15) is 11.0 Å². The van der Waals surface area contributed by atoms with E-state index in [1.807, 2.05) is 20.8 Å². The summed E-state index contributed by atoms with van der Waals surface area (Å²) < 4.78 is 18.5. The van der Waals surface area contributed by atoms with Gasteiger partial charge in [0, 0.05) is 50.3 Å². The third-order valence-electron chi connectivity index (χ3n) is 2.70. The summed E-state index contributed by atoms with van der Waals surface area (Å²) in [7, 11) is -2.59. The Balaban J connectivity index is 2.53. The fourth-order valence-electron chi connectivity index (χ4n) is 1.98. The second-order valence-corrected chi connectivity index (χ2v) is 7.83. The number of hydrazine groups is 2. The average Bonchev–Trinajstić information content (AvgIpc) is 2.43. The summed E-state index contributed by atoms with van der Waals surface area (Å²) in [6, 6.07) is 0.722. The number of hydrogen-bond donors (Lipinski definition) is 2. The Morgan fingerprint density at radius 3 is 2.23 bits per heavy atom. The van der Waals surface area contributed by atoms with Gasteiger partial charge in [-0.3, -0.25) is 15.8 Å². The number of hydrogen-bond acceptors (Lipinski definition) is 6. The third kappa shape index (κ3) is 6.82. The molecule has 0 aromatic rings. The van der Waals surface area contributed by atoms with Crippen molar-refractivity contribution >= 4 is 38.0 Å². The fraction of sp³-hybridized carbons (Fsp3) is 0.750. The van der Waals surface area contributed by atoms with Crippen LogP contribution in [0.2, 0.25) is 6.04 Å². The molecule has 1 aliphatic rings. The van der Waals surface area contributed by atoms with Crippen LogP contribution in [0.25, 0.3) is 0 Å². The van der Waals surface area contributed by atoms with E-state index in [-0.39, 0.29) is 0 Å². The Morgan fingerprint density at radius 2 is 1.73 bits per heavy atom. The molecule has 0 unspecified atom stereocenters. The highest BCUT2D eigenvalue weighted by atomic mass is 35.5. The lowest BCUT2D eigenvalue weighted by Gasteiger charge is -2.28. The molecule has 0 aromatic heterocycles. The maximum Gasteiger partial charge on any atom is 0.500 e. The van der Waals surface area contributed by atoms with Crippen molar-refractivity contribution in [3.8, 4) is 0 Å². The van der Waals surface area contributed by atoms with Crippen molar-refractivity contribution in [1.82, 2.24) is 15.5 Å². The normalized spacial score (nSPS) is 18.0. The molecule has 0 aromatic carbocycles. The summed E-state index contributed by atoms with van der Waals surface area (Å²) in [6.07, 6.45) is 2.46. The molecule has 22 heavy (non-hydrogen) atoms. The SMILES string of the molecule is CCO[Si](CCCN=C1C=C(Cl)NN(Cl)N1)(OCC)OCC. The topological polar surface area (TPSA) is 67.4 Å². The predicted octanol–water partition coefficient (Wildman–Crippen LogP) is 2.38. The summed E-state index contributed by atoms with van der Waals surface area (Å²) in [5.74, 6) is 0.593. The van der Waals surface area contributed by atoms with Crippen molar-refractivity contribution in [3.63, 3.8) is 0 Å². The Morgan fingerprint density at radius 1 is 1.14 bits per heavy atom. The van der Waals surface area contributed by atoms with Crippen molar-refractivity contribution < 1.29 is 13.3 Å². The minimum Gasteiger partial charge on any atom is -0.374 e. The van der Waals surface area contributed by atoms with Gasteiger partial charge in [-0.15, -0.1) is 0 Å². The second-order valence-electron chi connectivity index (χ2n) is 4.35. The molecule has 128 valence electrons. The van der Waals surface area contributed by atoms with Crippen LogP contribution in [-0.4, -0.2) is 45.6 Å². The molecule has 0 spiro atoms. The molecule has 0 atom stereocenters. The van der Waals surface area contributed by atoms with Gasteiger partial charge in [0.25, 0.3) is 0 Å². The number of amidine groups is 1. The molecule has 0 aliphatic carbocycles. The van der Waals surface area contributed by atoms with Crippen molar-refractivity contribution in [2.75, 3.05) is 26.4 Å². The van der Waals surface area contributed by atoms with Crippen molar-refractivity contribution in [3.05, 3.63) is 11.2 Å². The number of aliphatic imine (C=N–C) groups is 1. The van der Waals surface area contributed by atoms with E-state index >= 15 is 0 Å². The molecule has 0 radical (unpaired) electrons. The Bertz CT molecular complexity index is 382. The standard InChI is InChI=1S/C12H24Cl2N4O3Si/c1-4-19-22(20-5-2,21-6-3)9-7-8-15-12-10-11(13)16-18(14)17-12/h10,16H,4-9H2,1-3H3,(H,15,17). The molecule has 0 amide bonds. The van der Waals surface area contributed by atoms with Gasteiger partial charge in [-0.1, -0.05) is 11.6 Å². The fourth-order valence-corrected chi connectivity index (χ4v) is 4.99. The van der Waals surface area contributed by atoms with Crippen LogP contribution in [0.3, 0.4) is 0 Å². The number of nitrogens with one attached hydrogen (secondary N) is 2. The van der Waals surface area contributed by atoms with E-state index in [4.69, 9.17) is 36.7 Å². The van der Waals surface area contributed by atoms with Gasteiger partial charge in [0.15, 0.2) is 0 Å². The van der Waals surface area contributed by atoms with Crippen LogP contribution in [0.4, 0.5) is 0 Å². The number of nitrogens with zero attached hydrogens (tertiary/aromatic N) is 2. The molecular weight excluding hydrogens is 347 g/mol. The third-order valence-corrected chi connectivity index (χ3v) is 6.21. The molecular formula is C12H24Cl2N4O3Si. The Labute approximate surface area is 143 Å². The minimum atomic E-state index is -2.59. The van der Waals surface area contributed by atoms with Gasteiger partial charge in [-0.25, -0.2) is 0 Å². The van der Waals surface area contributed by atoms with Gasteiger partial charge >= 0.3 is 8.80 Å². The average molecular weight is 371 g/mol. The maximum atomic E-state index is 5.87. The van der Waals surface area contributed by atoms with E-state index in [1.165, 1.54) is 0 Å². The molecule has 10 heteroatoms. The summed E-state index contributed by atoms with van der Waals surface area (Å²) in [6.45, 7) is 8.16. The highest BCUT2D eigenvalue weighted by Gasteiger charge is 2.39. The monoisotopic (exact) mass is 370 g/mol. The van der Waals surface area contributed by atoms with Crippen LogP contribution < -0.4 is 10.9 Å². The van der Waals surface area contributed by atoms with Crippen molar-refractivity contribution in [2.45, 2.75) is 33.2 Å². The summed E-state index contributed by atoms with van der Waals surface area (Å²) in [4.78, 5) is 4.40. The first-order chi connectivity index (χ1) is 10.5. The van der Waals surface area contributed by atoms with E-state index in [2.05, 4.69) is 15.8 Å². The highest BCUT2D eigenvalue weighted by Crippen LogP contribution is 2.18. The zero-order valence-corrected chi connectivity index (χ0v) is 15.7. The number of halogens is 2. The van der Waals surface area contributed by atoms with E-state index < -0.39 is 8.80 Å². The highest BCUT2D eigenvalue weighted by molar-refractivity contribution is 6.60. The first-order valence-electron chi connectivity index (χ1n) is 7.38. The molecule has 0 bridgehead atoms. The summed E-state index contributed by atoms with van der Waals surface area (Å²) in [5, 5.41) is 0.397. The van der Waals surface area contributed by atoms with Crippen LogP contribution in [-0.2, 0) is 13.3 Å². The number of rotatable bonds is 10. The summed E-state index contributed by atoms with van der Waals surface area (Å²) in [5.41, 5.74) is 5.47.